The number of anilines is 1. The van der Waals surface area contributed by atoms with Gasteiger partial charge in [-0.3, -0.25) is 4.52 Å². The molecule has 0 aliphatic heterocycles. The molecule has 0 spiro atoms. The summed E-state index contributed by atoms with van der Waals surface area (Å²) in [7, 11) is 1.56. The molecule has 0 radical (unpaired) electrons. The summed E-state index contributed by atoms with van der Waals surface area (Å²) in [5, 5.41) is 35.5. The topological polar surface area (TPSA) is 161 Å². The Balaban J connectivity index is 1.87. The van der Waals surface area contributed by atoms with Gasteiger partial charge in [0.05, 0.1) is 5.56 Å². The van der Waals surface area contributed by atoms with E-state index in [2.05, 4.69) is 21.3 Å². The number of nitrogens with zero attached hydrogens (tertiary/aromatic N) is 6. The van der Waals surface area contributed by atoms with Gasteiger partial charge in [0.1, 0.15) is 35.2 Å². The Hall–Kier alpha value is -3.93. The quantitative estimate of drug-likeness (QED) is 0.237. The predicted molar refractivity (Wildman–Crippen MR) is 110 cm³/mol. The number of thioether (sulfide) groups is 1. The maximum absolute atomic E-state index is 12.3. The standard InChI is InChI=1S/C20H17N7O3S/c1-29-8-7-27-11-17(30-26-27)24-16(28)12-31-20-15(10-22)18(13-5-3-2-4-6-13)14(9-21)19(23)25-20/h2-6,11H,7-8,12H2,1H3,(H2-,23,24,25,26,28). The summed E-state index contributed by atoms with van der Waals surface area (Å²) in [6.07, 6.45) is 1.48. The van der Waals surface area contributed by atoms with Crippen LogP contribution in [0.5, 0.6) is 0 Å². The van der Waals surface area contributed by atoms with Crippen LogP contribution in [-0.2, 0) is 11.3 Å². The van der Waals surface area contributed by atoms with Crippen LogP contribution in [0.15, 0.2) is 51.1 Å². The van der Waals surface area contributed by atoms with Crippen LogP contribution in [0.1, 0.15) is 11.1 Å². The number of pyridine rings is 1. The summed E-state index contributed by atoms with van der Waals surface area (Å²) >= 11 is 1.01. The van der Waals surface area contributed by atoms with Crippen LogP contribution in [-0.4, -0.2) is 35.6 Å². The van der Waals surface area contributed by atoms with Crippen LogP contribution < -0.4 is 15.5 Å². The molecule has 0 saturated carbocycles. The lowest BCUT2D eigenvalue weighted by molar-refractivity contribution is -0.763. The van der Waals surface area contributed by atoms with Crippen molar-refractivity contribution in [3.05, 3.63) is 47.7 Å². The first kappa shape index (κ1) is 21.8. The number of rotatable bonds is 8. The maximum atomic E-state index is 12.3. The van der Waals surface area contributed by atoms with Crippen LogP contribution in [0.25, 0.3) is 11.1 Å². The summed E-state index contributed by atoms with van der Waals surface area (Å²) in [4.78, 5) is 8.02. The molecule has 0 fully saturated rings. The van der Waals surface area contributed by atoms with Crippen molar-refractivity contribution in [3.63, 3.8) is 0 Å². The van der Waals surface area contributed by atoms with Gasteiger partial charge in [0.15, 0.2) is 0 Å². The lowest BCUT2D eigenvalue weighted by Crippen LogP contribution is -2.36. The van der Waals surface area contributed by atoms with Crippen molar-refractivity contribution >= 4 is 29.4 Å². The molecule has 10 nitrogen and oxygen atoms in total. The zero-order chi connectivity index (χ0) is 22.2. The third kappa shape index (κ3) is 5.17. The molecular weight excluding hydrogens is 418 g/mol. The van der Waals surface area contributed by atoms with Crippen molar-refractivity contribution in [2.24, 2.45) is 4.99 Å². The number of nitrogen functional groups attached to an aromatic ring is 1. The largest absolute Gasteiger partial charge is 0.861 e. The summed E-state index contributed by atoms with van der Waals surface area (Å²) in [6.45, 7) is 0.896. The molecule has 0 bridgehead atoms. The number of aromatic nitrogens is 3. The molecule has 0 saturated heterocycles. The van der Waals surface area contributed by atoms with Crippen LogP contribution >= 0.6 is 11.8 Å². The second-order valence-corrected chi connectivity index (χ2v) is 7.07. The summed E-state index contributed by atoms with van der Waals surface area (Å²) in [6, 6.07) is 13.1. The third-order valence-electron chi connectivity index (χ3n) is 4.07. The van der Waals surface area contributed by atoms with E-state index in [0.29, 0.717) is 24.3 Å². The molecule has 11 heteroatoms. The molecule has 0 atom stereocenters. The van der Waals surface area contributed by atoms with Gasteiger partial charge in [-0.15, -0.1) is 0 Å². The van der Waals surface area contributed by atoms with E-state index in [1.807, 2.05) is 12.1 Å². The fraction of sp³-hybridized carbons (Fsp3) is 0.200. The van der Waals surface area contributed by atoms with Gasteiger partial charge >= 0.3 is 5.88 Å². The second-order valence-electron chi connectivity index (χ2n) is 6.11. The Morgan fingerprint density at radius 1 is 1.29 bits per heavy atom. The third-order valence-corrected chi connectivity index (χ3v) is 5.03. The Kier molecular flexibility index (Phi) is 7.17. The van der Waals surface area contributed by atoms with Crippen LogP contribution in [0, 0.1) is 22.7 Å². The number of methoxy groups -OCH3 is 1. The highest BCUT2D eigenvalue weighted by molar-refractivity contribution is 8.00. The normalized spacial score (nSPS) is 11.1. The monoisotopic (exact) mass is 435 g/mol. The highest BCUT2D eigenvalue weighted by Gasteiger charge is 2.20. The molecule has 3 aromatic rings. The van der Waals surface area contributed by atoms with Crippen molar-refractivity contribution in [1.82, 2.24) is 10.3 Å². The average Bonchev–Trinajstić information content (AvgIpc) is 3.23. The number of hydrogen-bond donors (Lipinski definition) is 1. The van der Waals surface area contributed by atoms with Gasteiger partial charge < -0.3 is 15.6 Å². The minimum Gasteiger partial charge on any atom is -0.861 e. The lowest BCUT2D eigenvalue weighted by Gasteiger charge is -2.14. The zero-order valence-electron chi connectivity index (χ0n) is 16.5. The summed E-state index contributed by atoms with van der Waals surface area (Å²) < 4.78 is 11.4. The highest BCUT2D eigenvalue weighted by atomic mass is 32.2. The molecule has 1 aromatic carbocycles. The SMILES string of the molecule is COCC[n+]1cc(/N=C(\[O-])CSc2nc(N)c(C#N)c(-c3ccccc3)c2C#N)on1. The number of ether oxygens (including phenoxy) is 1. The molecule has 2 N–H and O–H groups in total. The Labute approximate surface area is 182 Å². The predicted octanol–water partition coefficient (Wildman–Crippen LogP) is 1.18. The van der Waals surface area contributed by atoms with E-state index < -0.39 is 5.90 Å². The molecular formula is C20H17N7O3S. The van der Waals surface area contributed by atoms with Gasteiger partial charge in [0.2, 0.25) is 11.8 Å². The first-order valence-electron chi connectivity index (χ1n) is 8.99. The van der Waals surface area contributed by atoms with Gasteiger partial charge in [0, 0.05) is 18.4 Å². The van der Waals surface area contributed by atoms with E-state index in [-0.39, 0.29) is 33.6 Å². The lowest BCUT2D eigenvalue weighted by atomic mass is 9.97. The Morgan fingerprint density at radius 2 is 2.03 bits per heavy atom. The summed E-state index contributed by atoms with van der Waals surface area (Å²) in [5.41, 5.74) is 7.30. The molecule has 2 aromatic heterocycles. The number of aliphatic imine (C=N–C) groups is 1. The van der Waals surface area contributed by atoms with Gasteiger partial charge in [0.25, 0.3) is 6.20 Å². The van der Waals surface area contributed by atoms with Crippen LogP contribution in [0.4, 0.5) is 11.7 Å². The van der Waals surface area contributed by atoms with Crippen LogP contribution in [0.2, 0.25) is 0 Å². The van der Waals surface area contributed by atoms with Crippen LogP contribution in [0.3, 0.4) is 0 Å². The van der Waals surface area contributed by atoms with Crippen molar-refractivity contribution in [2.45, 2.75) is 11.6 Å². The Bertz CT molecular complexity index is 1180. The van der Waals surface area contributed by atoms with E-state index in [1.54, 1.807) is 31.4 Å². The van der Waals surface area contributed by atoms with Gasteiger partial charge in [-0.2, -0.15) is 10.5 Å². The molecule has 3 rings (SSSR count). The first-order valence-corrected chi connectivity index (χ1v) is 9.97. The molecule has 0 unspecified atom stereocenters. The fourth-order valence-electron chi connectivity index (χ4n) is 2.69. The van der Waals surface area contributed by atoms with E-state index in [1.165, 1.54) is 10.9 Å². The second kappa shape index (κ2) is 10.2. The Morgan fingerprint density at radius 3 is 2.71 bits per heavy atom. The minimum absolute atomic E-state index is 0.0124. The fourth-order valence-corrected chi connectivity index (χ4v) is 3.47. The number of nitriles is 2. The number of hydrogen-bond acceptors (Lipinski definition) is 10. The van der Waals surface area contributed by atoms with Crippen molar-refractivity contribution in [2.75, 3.05) is 25.2 Å². The highest BCUT2D eigenvalue weighted by Crippen LogP contribution is 2.35. The molecule has 0 aliphatic rings. The number of nitrogens with two attached hydrogens (primary N) is 1. The summed E-state index contributed by atoms with van der Waals surface area (Å²) in [5.74, 6) is -0.573. The van der Waals surface area contributed by atoms with E-state index in [4.69, 9.17) is 15.0 Å². The van der Waals surface area contributed by atoms with Gasteiger partial charge in [-0.1, -0.05) is 42.1 Å². The first-order chi connectivity index (χ1) is 15.1. The van der Waals surface area contributed by atoms with Crippen molar-refractivity contribution in [1.29, 1.82) is 10.5 Å². The average molecular weight is 435 g/mol. The maximum Gasteiger partial charge on any atom is 0.320 e. The molecule has 0 amide bonds. The van der Waals surface area contributed by atoms with Gasteiger partial charge in [-0.25, -0.2) is 9.98 Å². The van der Waals surface area contributed by atoms with E-state index in [9.17, 15) is 15.6 Å². The smallest absolute Gasteiger partial charge is 0.320 e. The van der Waals surface area contributed by atoms with Gasteiger partial charge in [-0.05, 0) is 16.1 Å². The molecule has 0 aliphatic carbocycles. The number of benzene rings is 1. The molecule has 156 valence electrons. The minimum atomic E-state index is -0.505. The van der Waals surface area contributed by atoms with E-state index >= 15 is 0 Å². The van der Waals surface area contributed by atoms with E-state index in [0.717, 1.165) is 11.8 Å². The molecule has 31 heavy (non-hydrogen) atoms. The molecule has 2 heterocycles. The van der Waals surface area contributed by atoms with Crippen molar-refractivity contribution < 1.29 is 19.0 Å². The van der Waals surface area contributed by atoms with Crippen molar-refractivity contribution in [3.8, 4) is 23.3 Å². The zero-order valence-corrected chi connectivity index (χ0v) is 17.3.